The highest BCUT2D eigenvalue weighted by molar-refractivity contribution is 6.29. The van der Waals surface area contributed by atoms with Crippen molar-refractivity contribution in [3.8, 4) is 0 Å². The van der Waals surface area contributed by atoms with Crippen molar-refractivity contribution in [3.05, 3.63) is 0 Å². The van der Waals surface area contributed by atoms with E-state index in [0.717, 1.165) is 17.9 Å². The molecule has 10 nitrogen and oxygen atoms in total. The van der Waals surface area contributed by atoms with E-state index in [1.807, 2.05) is 6.92 Å². The molecule has 7 atom stereocenters. The summed E-state index contributed by atoms with van der Waals surface area (Å²) in [5.41, 5.74) is -1.97. The van der Waals surface area contributed by atoms with E-state index < -0.39 is 52.9 Å². The van der Waals surface area contributed by atoms with E-state index in [9.17, 15) is 32.8 Å². The Morgan fingerprint density at radius 2 is 1.92 bits per heavy atom. The number of hydrogen-bond donors (Lipinski definition) is 3. The second-order valence-electron chi connectivity index (χ2n) is 11.4. The van der Waals surface area contributed by atoms with E-state index in [-0.39, 0.29) is 49.6 Å². The normalized spacial score (nSPS) is 29.5. The largest absolute Gasteiger partial charge is 0.356 e. The minimum Gasteiger partial charge on any atom is -0.356 e. The average molecular weight is 574 g/mol. The molecule has 39 heavy (non-hydrogen) atoms. The highest BCUT2D eigenvalue weighted by Gasteiger charge is 2.52. The zero-order valence-corrected chi connectivity index (χ0v) is 23.1. The summed E-state index contributed by atoms with van der Waals surface area (Å²) in [6.07, 6.45) is 4.12. The number of amides is 5. The lowest BCUT2D eigenvalue weighted by Gasteiger charge is -2.37. The molecule has 13 heteroatoms. The summed E-state index contributed by atoms with van der Waals surface area (Å²) in [7, 11) is 0. The van der Waals surface area contributed by atoms with E-state index in [4.69, 9.17) is 11.6 Å². The number of hydrazine groups is 1. The van der Waals surface area contributed by atoms with Crippen LogP contribution in [-0.2, 0) is 24.0 Å². The van der Waals surface area contributed by atoms with Gasteiger partial charge in [-0.05, 0) is 56.3 Å². The Morgan fingerprint density at radius 3 is 2.49 bits per heavy atom. The molecular formula is C26H38ClF2N5O5. The van der Waals surface area contributed by atoms with Crippen LogP contribution in [0.4, 0.5) is 8.78 Å². The van der Waals surface area contributed by atoms with E-state index in [1.54, 1.807) is 6.92 Å². The van der Waals surface area contributed by atoms with Gasteiger partial charge < -0.3 is 15.5 Å². The molecule has 0 aromatic carbocycles. The molecule has 0 radical (unpaired) electrons. The third-order valence-corrected chi connectivity index (χ3v) is 9.21. The van der Waals surface area contributed by atoms with Crippen LogP contribution in [0, 0.1) is 23.7 Å². The number of nitrogens with zero attached hydrogens (tertiary/aromatic N) is 2. The van der Waals surface area contributed by atoms with E-state index in [1.165, 1.54) is 4.90 Å². The highest BCUT2D eigenvalue weighted by Crippen LogP contribution is 2.43. The Bertz CT molecular complexity index is 996. The van der Waals surface area contributed by atoms with Crippen molar-refractivity contribution in [2.75, 3.05) is 19.6 Å². The topological polar surface area (TPSA) is 128 Å². The molecule has 5 amide bonds. The summed E-state index contributed by atoms with van der Waals surface area (Å²) in [4.78, 5) is 66.3. The van der Waals surface area contributed by atoms with Gasteiger partial charge in [0.15, 0.2) is 5.67 Å². The molecule has 4 aliphatic rings. The monoisotopic (exact) mass is 573 g/mol. The smallest absolute Gasteiger partial charge is 0.291 e. The van der Waals surface area contributed by atoms with Gasteiger partial charge >= 0.3 is 0 Å². The van der Waals surface area contributed by atoms with Gasteiger partial charge in [-0.25, -0.2) is 13.8 Å². The highest BCUT2D eigenvalue weighted by atomic mass is 35.5. The third kappa shape index (κ3) is 6.00. The van der Waals surface area contributed by atoms with Gasteiger partial charge in [-0.15, -0.1) is 0 Å². The molecule has 0 spiro atoms. The summed E-state index contributed by atoms with van der Waals surface area (Å²) in [6, 6.07) is -2.00. The van der Waals surface area contributed by atoms with E-state index in [2.05, 4.69) is 16.1 Å². The summed E-state index contributed by atoms with van der Waals surface area (Å²) < 4.78 is 28.7. The lowest BCUT2D eigenvalue weighted by molar-refractivity contribution is -0.151. The van der Waals surface area contributed by atoms with Crippen molar-refractivity contribution >= 4 is 41.1 Å². The predicted molar refractivity (Wildman–Crippen MR) is 137 cm³/mol. The molecule has 2 aliphatic carbocycles. The first-order valence-corrected chi connectivity index (χ1v) is 14.4. The first-order valence-electron chi connectivity index (χ1n) is 13.9. The van der Waals surface area contributed by atoms with Crippen LogP contribution in [0.5, 0.6) is 0 Å². The fourth-order valence-corrected chi connectivity index (χ4v) is 6.38. The maximum absolute atomic E-state index is 14.8. The number of rotatable bonds is 9. The van der Waals surface area contributed by atoms with Crippen LogP contribution in [-0.4, -0.2) is 82.5 Å². The van der Waals surface area contributed by atoms with Gasteiger partial charge in [0.1, 0.15) is 12.1 Å². The maximum Gasteiger partial charge on any atom is 0.291 e. The number of hydrogen-bond acceptors (Lipinski definition) is 5. The molecule has 2 saturated heterocycles. The molecule has 2 heterocycles. The van der Waals surface area contributed by atoms with Crippen LogP contribution >= 0.6 is 11.6 Å². The van der Waals surface area contributed by atoms with Crippen LogP contribution in [0.3, 0.4) is 0 Å². The SMILES string of the molecule is CCC(C)C(NC(=O)C1(F)CCC1)C(=O)N1C[C@@H]2CCC[C@@H]2[C@H]1C(=O)NN(C[C@@H]1CCNC1=O)C(=O)C(F)Cl. The maximum atomic E-state index is 14.8. The van der Waals surface area contributed by atoms with Crippen molar-refractivity contribution in [3.63, 3.8) is 0 Å². The van der Waals surface area contributed by atoms with Crippen LogP contribution < -0.4 is 16.1 Å². The van der Waals surface area contributed by atoms with Gasteiger partial charge in [0.25, 0.3) is 23.4 Å². The Hall–Kier alpha value is -2.50. The lowest BCUT2D eigenvalue weighted by atomic mass is 9.81. The molecule has 2 saturated carbocycles. The number of fused-ring (bicyclic) bond motifs is 1. The Kier molecular flexibility index (Phi) is 9.02. The number of likely N-dealkylation sites (tertiary alicyclic amines) is 1. The number of halogens is 3. The Balaban J connectivity index is 1.55. The van der Waals surface area contributed by atoms with E-state index in [0.29, 0.717) is 32.2 Å². The Morgan fingerprint density at radius 1 is 1.21 bits per heavy atom. The van der Waals surface area contributed by atoms with Gasteiger partial charge in [-0.1, -0.05) is 38.3 Å². The van der Waals surface area contributed by atoms with Crippen LogP contribution in [0.1, 0.15) is 65.2 Å². The first-order chi connectivity index (χ1) is 18.5. The molecule has 0 aromatic rings. The molecule has 0 aromatic heterocycles. The lowest BCUT2D eigenvalue weighted by Crippen LogP contribution is -2.61. The van der Waals surface area contributed by atoms with Gasteiger partial charge in [0.2, 0.25) is 11.8 Å². The molecule has 2 aliphatic heterocycles. The number of carbonyl (C=O) groups excluding carboxylic acids is 5. The van der Waals surface area contributed by atoms with Crippen LogP contribution in [0.25, 0.3) is 0 Å². The fraction of sp³-hybridized carbons (Fsp3) is 0.808. The standard InChI is InChI=1S/C26H38ClF2N5O5/c1-3-14(2)18(31-25(39)26(29)9-5-10-26)23(37)33-12-15-6-4-7-17(15)19(33)22(36)32-34(24(38)20(27)28)13-16-8-11-30-21(16)35/h14-20H,3-13H2,1-2H3,(H,30,35)(H,31,39)(H,32,36)/t14?,15-,16-,17-,18?,19-,20?/m0/s1. The fourth-order valence-electron chi connectivity index (χ4n) is 6.26. The molecule has 3 N–H and O–H groups in total. The van der Waals surface area contributed by atoms with Crippen molar-refractivity contribution in [1.29, 1.82) is 0 Å². The molecule has 3 unspecified atom stereocenters. The first kappa shape index (κ1) is 29.5. The average Bonchev–Trinajstić information content (AvgIpc) is 3.60. The van der Waals surface area contributed by atoms with Crippen molar-refractivity contribution in [2.45, 2.75) is 88.6 Å². The second kappa shape index (κ2) is 11.9. The van der Waals surface area contributed by atoms with Gasteiger partial charge in [0, 0.05) is 13.1 Å². The van der Waals surface area contributed by atoms with E-state index >= 15 is 0 Å². The quantitative estimate of drug-likeness (QED) is 0.285. The summed E-state index contributed by atoms with van der Waals surface area (Å²) >= 11 is 5.41. The molecule has 4 rings (SSSR count). The van der Waals surface area contributed by atoms with Crippen LogP contribution in [0.15, 0.2) is 0 Å². The summed E-state index contributed by atoms with van der Waals surface area (Å²) in [5.74, 6) is -4.61. The van der Waals surface area contributed by atoms with Crippen molar-refractivity contribution < 1.29 is 32.8 Å². The van der Waals surface area contributed by atoms with Crippen molar-refractivity contribution in [2.24, 2.45) is 23.7 Å². The van der Waals surface area contributed by atoms with Crippen LogP contribution in [0.2, 0.25) is 0 Å². The zero-order chi connectivity index (χ0) is 28.5. The zero-order valence-electron chi connectivity index (χ0n) is 22.4. The molecule has 4 fully saturated rings. The van der Waals surface area contributed by atoms with Crippen molar-refractivity contribution in [1.82, 2.24) is 26.0 Å². The number of nitrogens with one attached hydrogen (secondary N) is 3. The molecule has 218 valence electrons. The predicted octanol–water partition coefficient (Wildman–Crippen LogP) is 1.57. The number of alkyl halides is 3. The molecular weight excluding hydrogens is 536 g/mol. The minimum atomic E-state index is -2.43. The van der Waals surface area contributed by atoms with Gasteiger partial charge in [-0.3, -0.25) is 29.4 Å². The minimum absolute atomic E-state index is 0.0452. The summed E-state index contributed by atoms with van der Waals surface area (Å²) in [5, 5.41) is 6.00. The Labute approximate surface area is 231 Å². The van der Waals surface area contributed by atoms with Gasteiger partial charge in [0.05, 0.1) is 12.5 Å². The molecule has 0 bridgehead atoms. The third-order valence-electron chi connectivity index (χ3n) is 9.02. The summed E-state index contributed by atoms with van der Waals surface area (Å²) in [6.45, 7) is 4.07. The van der Waals surface area contributed by atoms with Gasteiger partial charge in [-0.2, -0.15) is 0 Å². The number of carbonyl (C=O) groups is 5. The second-order valence-corrected chi connectivity index (χ2v) is 11.8.